The minimum atomic E-state index is -0.380. The Morgan fingerprint density at radius 3 is 2.50 bits per heavy atom. The molecule has 3 heterocycles. The van der Waals surface area contributed by atoms with E-state index >= 15 is 0 Å². The van der Waals surface area contributed by atoms with E-state index in [9.17, 15) is 4.79 Å². The van der Waals surface area contributed by atoms with Gasteiger partial charge in [0.25, 0.3) is 5.91 Å². The van der Waals surface area contributed by atoms with Crippen LogP contribution in [-0.4, -0.2) is 76.6 Å². The average molecular weight is 609 g/mol. The molecule has 2 aromatic carbocycles. The molecule has 1 saturated carbocycles. The molecule has 2 fully saturated rings. The summed E-state index contributed by atoms with van der Waals surface area (Å²) in [6.07, 6.45) is 8.20. The Kier molecular flexibility index (Phi) is 8.27. The summed E-state index contributed by atoms with van der Waals surface area (Å²) in [7, 11) is 3.77. The number of nitrogen functional groups attached to an aromatic ring is 1. The number of carbonyl (C=O) groups excluding carboxylic acids is 1. The zero-order valence-electron chi connectivity index (χ0n) is 23.8. The first-order valence-electron chi connectivity index (χ1n) is 14.3. The number of methoxy groups -OCH3 is 1. The summed E-state index contributed by atoms with van der Waals surface area (Å²) in [5.74, 6) is 0.560. The van der Waals surface area contributed by atoms with E-state index in [1.807, 2.05) is 18.2 Å². The minimum Gasteiger partial charge on any atom is -0.495 e. The number of nitrogens with zero attached hydrogens (tertiary/aromatic N) is 5. The highest BCUT2D eigenvalue weighted by Gasteiger charge is 2.30. The first-order chi connectivity index (χ1) is 20.3. The fourth-order valence-electron chi connectivity index (χ4n) is 6.33. The highest BCUT2D eigenvalue weighted by molar-refractivity contribution is 6.44. The number of rotatable bonds is 6. The zero-order chi connectivity index (χ0) is 29.4. The molecule has 220 valence electrons. The molecule has 0 bridgehead atoms. The third-order valence-electron chi connectivity index (χ3n) is 8.71. The van der Waals surface area contributed by atoms with Crippen molar-refractivity contribution in [2.45, 2.75) is 37.8 Å². The standard InChI is InChI=1S/C31H35Cl2N7O2/c1-38-12-14-39(15-13-38)20-7-9-21(10-8-20)40-17-23(27-29(34)35-18-36-30(27)40)19-6-11-25(26(16-19)42-2)37-31(41)22-4-3-5-24(32)28(22)33/h3-6,11,16-18,20-21H,7-10,12-15H2,1-2H3,(H,37,41)(H2,34,35,36). The van der Waals surface area contributed by atoms with Crippen molar-refractivity contribution >= 4 is 51.6 Å². The van der Waals surface area contributed by atoms with Crippen LogP contribution in [0.4, 0.5) is 11.5 Å². The molecular weight excluding hydrogens is 573 g/mol. The first-order valence-corrected chi connectivity index (χ1v) is 15.1. The van der Waals surface area contributed by atoms with Crippen LogP contribution in [0.15, 0.2) is 48.9 Å². The number of nitrogens with one attached hydrogen (secondary N) is 1. The fourth-order valence-corrected chi connectivity index (χ4v) is 6.71. The number of nitrogens with two attached hydrogens (primary N) is 1. The monoisotopic (exact) mass is 607 g/mol. The minimum absolute atomic E-state index is 0.202. The van der Waals surface area contributed by atoms with E-state index in [1.54, 1.807) is 25.3 Å². The highest BCUT2D eigenvalue weighted by Crippen LogP contribution is 2.41. The van der Waals surface area contributed by atoms with Gasteiger partial charge < -0.3 is 25.3 Å². The Hall–Kier alpha value is -3.37. The fraction of sp³-hybridized carbons (Fsp3) is 0.387. The summed E-state index contributed by atoms with van der Waals surface area (Å²) in [5.41, 5.74) is 9.89. The second kappa shape index (κ2) is 12.1. The second-order valence-electron chi connectivity index (χ2n) is 11.2. The van der Waals surface area contributed by atoms with Gasteiger partial charge in [0.15, 0.2) is 0 Å². The van der Waals surface area contributed by atoms with Crippen LogP contribution in [0.2, 0.25) is 10.0 Å². The van der Waals surface area contributed by atoms with Gasteiger partial charge in [-0.05, 0) is 62.6 Å². The SMILES string of the molecule is COc1cc(-c2cn(C3CCC(N4CCN(C)CC4)CC3)c3ncnc(N)c23)ccc1NC(=O)c1cccc(Cl)c1Cl. The largest absolute Gasteiger partial charge is 0.495 e. The molecule has 42 heavy (non-hydrogen) atoms. The number of carbonyl (C=O) groups is 1. The normalized spacial score (nSPS) is 20.1. The number of piperazine rings is 1. The summed E-state index contributed by atoms with van der Waals surface area (Å²) in [5, 5.41) is 4.24. The van der Waals surface area contributed by atoms with Gasteiger partial charge in [-0.2, -0.15) is 0 Å². The molecule has 9 nitrogen and oxygen atoms in total. The predicted octanol–water partition coefficient (Wildman–Crippen LogP) is 5.98. The molecule has 2 aliphatic rings. The van der Waals surface area contributed by atoms with Crippen LogP contribution in [0.3, 0.4) is 0 Å². The molecule has 2 aromatic heterocycles. The highest BCUT2D eigenvalue weighted by atomic mass is 35.5. The third kappa shape index (κ3) is 5.54. The number of hydrogen-bond donors (Lipinski definition) is 2. The molecule has 0 spiro atoms. The summed E-state index contributed by atoms with van der Waals surface area (Å²) in [6.45, 7) is 4.58. The van der Waals surface area contributed by atoms with Crippen LogP contribution < -0.4 is 15.8 Å². The van der Waals surface area contributed by atoms with Crippen molar-refractivity contribution in [1.29, 1.82) is 0 Å². The van der Waals surface area contributed by atoms with Crippen LogP contribution in [0, 0.1) is 0 Å². The average Bonchev–Trinajstić information content (AvgIpc) is 3.40. The maximum absolute atomic E-state index is 13.0. The number of ether oxygens (including phenoxy) is 1. The molecule has 3 N–H and O–H groups in total. The van der Waals surface area contributed by atoms with E-state index in [4.69, 9.17) is 33.7 Å². The zero-order valence-corrected chi connectivity index (χ0v) is 25.3. The Bertz CT molecular complexity index is 1610. The quantitative estimate of drug-likeness (QED) is 0.278. The van der Waals surface area contributed by atoms with Crippen molar-refractivity contribution in [3.8, 4) is 16.9 Å². The number of hydrogen-bond acceptors (Lipinski definition) is 7. The first kappa shape index (κ1) is 28.7. The van der Waals surface area contributed by atoms with E-state index in [0.717, 1.165) is 61.2 Å². The maximum Gasteiger partial charge on any atom is 0.257 e. The molecule has 6 rings (SSSR count). The van der Waals surface area contributed by atoms with E-state index in [-0.39, 0.29) is 16.5 Å². The smallest absolute Gasteiger partial charge is 0.257 e. The Morgan fingerprint density at radius 2 is 1.76 bits per heavy atom. The Balaban J connectivity index is 1.27. The number of fused-ring (bicyclic) bond motifs is 1. The lowest BCUT2D eigenvalue weighted by Crippen LogP contribution is -2.49. The lowest BCUT2D eigenvalue weighted by molar-refractivity contribution is 0.0828. The molecule has 0 unspecified atom stereocenters. The number of halogens is 2. The number of benzene rings is 2. The molecule has 11 heteroatoms. The second-order valence-corrected chi connectivity index (χ2v) is 12.0. The molecule has 0 radical (unpaired) electrons. The number of anilines is 2. The van der Waals surface area contributed by atoms with E-state index in [1.165, 1.54) is 19.2 Å². The van der Waals surface area contributed by atoms with Gasteiger partial charge in [-0.3, -0.25) is 9.69 Å². The van der Waals surface area contributed by atoms with Crippen LogP contribution in [0.5, 0.6) is 5.75 Å². The van der Waals surface area contributed by atoms with Gasteiger partial charge in [0.1, 0.15) is 23.5 Å². The van der Waals surface area contributed by atoms with Gasteiger partial charge in [-0.15, -0.1) is 0 Å². The van der Waals surface area contributed by atoms with Crippen molar-refractivity contribution in [1.82, 2.24) is 24.3 Å². The number of likely N-dealkylation sites (N-methyl/N-ethyl adjacent to an activating group) is 1. The molecule has 1 aliphatic carbocycles. The van der Waals surface area contributed by atoms with Crippen molar-refractivity contribution < 1.29 is 9.53 Å². The van der Waals surface area contributed by atoms with Crippen molar-refractivity contribution in [3.63, 3.8) is 0 Å². The summed E-state index contributed by atoms with van der Waals surface area (Å²) >= 11 is 12.4. The third-order valence-corrected chi connectivity index (χ3v) is 9.53. The summed E-state index contributed by atoms with van der Waals surface area (Å²) in [6, 6.07) is 11.6. The Labute approximate surface area is 255 Å². The van der Waals surface area contributed by atoms with Crippen LogP contribution in [0.25, 0.3) is 22.2 Å². The molecule has 1 saturated heterocycles. The van der Waals surface area contributed by atoms with Gasteiger partial charge in [0, 0.05) is 50.0 Å². The van der Waals surface area contributed by atoms with Crippen LogP contribution in [0.1, 0.15) is 42.1 Å². The number of amides is 1. The van der Waals surface area contributed by atoms with Crippen molar-refractivity contribution in [3.05, 3.63) is 64.5 Å². The van der Waals surface area contributed by atoms with Crippen LogP contribution >= 0.6 is 23.2 Å². The lowest BCUT2D eigenvalue weighted by Gasteiger charge is -2.41. The molecular formula is C31H35Cl2N7O2. The van der Waals surface area contributed by atoms with Crippen LogP contribution in [-0.2, 0) is 0 Å². The topological polar surface area (TPSA) is 102 Å². The maximum atomic E-state index is 13.0. The lowest BCUT2D eigenvalue weighted by atomic mass is 9.89. The van der Waals surface area contributed by atoms with Gasteiger partial charge in [-0.1, -0.05) is 35.3 Å². The Morgan fingerprint density at radius 1 is 1.02 bits per heavy atom. The molecule has 0 atom stereocenters. The van der Waals surface area contributed by atoms with E-state index in [2.05, 4.69) is 42.9 Å². The van der Waals surface area contributed by atoms with E-state index in [0.29, 0.717) is 34.4 Å². The molecule has 1 amide bonds. The predicted molar refractivity (Wildman–Crippen MR) is 169 cm³/mol. The number of aromatic nitrogens is 3. The van der Waals surface area contributed by atoms with Crippen molar-refractivity contribution in [2.75, 3.05) is 51.4 Å². The molecule has 4 aromatic rings. The van der Waals surface area contributed by atoms with Crippen molar-refractivity contribution in [2.24, 2.45) is 0 Å². The van der Waals surface area contributed by atoms with Gasteiger partial charge in [0.2, 0.25) is 0 Å². The van der Waals surface area contributed by atoms with Gasteiger partial charge >= 0.3 is 0 Å². The van der Waals surface area contributed by atoms with Gasteiger partial charge in [0.05, 0.1) is 33.8 Å². The van der Waals surface area contributed by atoms with E-state index < -0.39 is 0 Å². The molecule has 1 aliphatic heterocycles. The summed E-state index contributed by atoms with van der Waals surface area (Å²) in [4.78, 5) is 27.1. The van der Waals surface area contributed by atoms with Gasteiger partial charge in [-0.25, -0.2) is 9.97 Å². The summed E-state index contributed by atoms with van der Waals surface area (Å²) < 4.78 is 7.97.